The van der Waals surface area contributed by atoms with Crippen LogP contribution in [0.2, 0.25) is 5.02 Å². The van der Waals surface area contributed by atoms with E-state index in [1.54, 1.807) is 30.3 Å². The minimum absolute atomic E-state index is 0.0567. The first-order valence-corrected chi connectivity index (χ1v) is 12.1. The number of ether oxygens (including phenoxy) is 5. The molecule has 0 amide bonds. The number of nitrogens with one attached hydrogen (secondary N) is 1. The van der Waals surface area contributed by atoms with E-state index in [0.29, 0.717) is 33.6 Å². The van der Waals surface area contributed by atoms with Crippen molar-refractivity contribution >= 4 is 39.5 Å². The molecule has 0 saturated carbocycles. The molecule has 1 N–H and O–H groups in total. The molecule has 0 fully saturated rings. The van der Waals surface area contributed by atoms with Crippen LogP contribution in [0, 0.1) is 0 Å². The van der Waals surface area contributed by atoms with Crippen LogP contribution in [-0.2, 0) is 10.0 Å². The summed E-state index contributed by atoms with van der Waals surface area (Å²) in [6.07, 6.45) is 3.62. The summed E-state index contributed by atoms with van der Waals surface area (Å²) in [7, 11) is 3.61. The van der Waals surface area contributed by atoms with Gasteiger partial charge in [-0.25, -0.2) is 8.42 Å². The van der Waals surface area contributed by atoms with Gasteiger partial charge in [0.25, 0.3) is 10.0 Å². The number of hydrogen-bond acceptors (Lipinski definition) is 7. The first kappa shape index (κ1) is 26.1. The highest BCUT2D eigenvalue weighted by atomic mass is 35.5. The summed E-state index contributed by atoms with van der Waals surface area (Å²) in [6, 6.07) is 12.8. The molecule has 10 heteroatoms. The van der Waals surface area contributed by atoms with E-state index < -0.39 is 10.0 Å². The number of hydrogen-bond donors (Lipinski definition) is 1. The number of methoxy groups -OCH3 is 5. The van der Waals surface area contributed by atoms with Crippen molar-refractivity contribution in [1.82, 2.24) is 0 Å². The van der Waals surface area contributed by atoms with E-state index in [1.807, 2.05) is 6.08 Å². The minimum atomic E-state index is -3.91. The first-order chi connectivity index (χ1) is 16.8. The van der Waals surface area contributed by atoms with Gasteiger partial charge in [-0.05, 0) is 59.7 Å². The Labute approximate surface area is 210 Å². The van der Waals surface area contributed by atoms with E-state index in [2.05, 4.69) is 4.72 Å². The average molecular weight is 520 g/mol. The van der Waals surface area contributed by atoms with Crippen LogP contribution in [0.4, 0.5) is 5.69 Å². The summed E-state index contributed by atoms with van der Waals surface area (Å²) < 4.78 is 55.5. The smallest absolute Gasteiger partial charge is 0.262 e. The van der Waals surface area contributed by atoms with Gasteiger partial charge in [0.05, 0.1) is 46.1 Å². The van der Waals surface area contributed by atoms with E-state index >= 15 is 0 Å². The van der Waals surface area contributed by atoms with E-state index in [0.717, 1.165) is 5.56 Å². The molecule has 0 spiro atoms. The Morgan fingerprint density at radius 1 is 0.686 bits per heavy atom. The maximum atomic E-state index is 13.0. The highest BCUT2D eigenvalue weighted by Gasteiger charge is 2.20. The van der Waals surface area contributed by atoms with Gasteiger partial charge in [-0.2, -0.15) is 0 Å². The zero-order valence-electron chi connectivity index (χ0n) is 19.9. The van der Waals surface area contributed by atoms with E-state index in [-0.39, 0.29) is 16.3 Å². The SMILES string of the molecule is COc1cc(C=Cc2cc(OC)c(OC)c(OC)c2)cc(NS(=O)(=O)c2ccc(Cl)cc2)c1OC. The number of halogens is 1. The van der Waals surface area contributed by atoms with Gasteiger partial charge in [0.15, 0.2) is 23.0 Å². The van der Waals surface area contributed by atoms with E-state index in [1.165, 1.54) is 59.8 Å². The van der Waals surface area contributed by atoms with Gasteiger partial charge >= 0.3 is 0 Å². The quantitative estimate of drug-likeness (QED) is 0.361. The Morgan fingerprint density at radius 3 is 1.60 bits per heavy atom. The zero-order valence-corrected chi connectivity index (χ0v) is 21.5. The molecule has 0 bridgehead atoms. The van der Waals surface area contributed by atoms with E-state index in [9.17, 15) is 8.42 Å². The summed E-state index contributed by atoms with van der Waals surface area (Å²) in [5.41, 5.74) is 1.65. The van der Waals surface area contributed by atoms with Crippen LogP contribution in [0.5, 0.6) is 28.7 Å². The van der Waals surface area contributed by atoms with Crippen molar-refractivity contribution in [1.29, 1.82) is 0 Å². The van der Waals surface area contributed by atoms with Gasteiger partial charge < -0.3 is 23.7 Å². The Bertz CT molecular complexity index is 1300. The van der Waals surface area contributed by atoms with Crippen LogP contribution in [-0.4, -0.2) is 44.0 Å². The molecule has 0 heterocycles. The monoisotopic (exact) mass is 519 g/mol. The second kappa shape index (κ2) is 11.2. The summed E-state index contributed by atoms with van der Waals surface area (Å²) in [5.74, 6) is 2.10. The molecule has 0 atom stereocenters. The highest BCUT2D eigenvalue weighted by Crippen LogP contribution is 2.40. The number of benzene rings is 3. The molecule has 186 valence electrons. The van der Waals surface area contributed by atoms with Crippen molar-refractivity contribution in [3.63, 3.8) is 0 Å². The van der Waals surface area contributed by atoms with E-state index in [4.69, 9.17) is 35.3 Å². The predicted octanol–water partition coefficient (Wildman–Crippen LogP) is 5.35. The van der Waals surface area contributed by atoms with Gasteiger partial charge in [0, 0.05) is 5.02 Å². The topological polar surface area (TPSA) is 92.3 Å². The molecule has 0 aliphatic rings. The number of anilines is 1. The fourth-order valence-electron chi connectivity index (χ4n) is 3.37. The predicted molar refractivity (Wildman–Crippen MR) is 137 cm³/mol. The maximum absolute atomic E-state index is 13.0. The molecule has 0 saturated heterocycles. The molecule has 3 aromatic rings. The third-order valence-corrected chi connectivity index (χ3v) is 6.66. The first-order valence-electron chi connectivity index (χ1n) is 10.3. The van der Waals surface area contributed by atoms with Crippen molar-refractivity contribution < 1.29 is 32.1 Å². The fourth-order valence-corrected chi connectivity index (χ4v) is 4.54. The molecular formula is C25H26ClNO7S. The van der Waals surface area contributed by atoms with Crippen LogP contribution in [0.1, 0.15) is 11.1 Å². The molecule has 0 unspecified atom stereocenters. The zero-order chi connectivity index (χ0) is 25.6. The van der Waals surface area contributed by atoms with Crippen LogP contribution in [0.3, 0.4) is 0 Å². The Morgan fingerprint density at radius 2 is 1.14 bits per heavy atom. The Balaban J connectivity index is 2.02. The second-order valence-corrected chi connectivity index (χ2v) is 9.27. The molecule has 0 radical (unpaired) electrons. The van der Waals surface area contributed by atoms with Crippen LogP contribution >= 0.6 is 11.6 Å². The minimum Gasteiger partial charge on any atom is -0.493 e. The third-order valence-electron chi connectivity index (χ3n) is 5.02. The molecule has 8 nitrogen and oxygen atoms in total. The lowest BCUT2D eigenvalue weighted by atomic mass is 10.1. The van der Waals surface area contributed by atoms with Crippen molar-refractivity contribution in [3.05, 3.63) is 64.7 Å². The summed E-state index contributed by atoms with van der Waals surface area (Å²) in [5, 5.41) is 0.433. The molecule has 35 heavy (non-hydrogen) atoms. The lowest BCUT2D eigenvalue weighted by molar-refractivity contribution is 0.324. The van der Waals surface area contributed by atoms with Gasteiger partial charge in [0.1, 0.15) is 0 Å². The number of rotatable bonds is 10. The normalized spacial score (nSPS) is 11.3. The standard InChI is InChI=1S/C25H26ClNO7S/c1-30-21-13-16(6-7-17-14-22(31-2)25(34-5)23(15-17)32-3)12-20(24(21)33-4)27-35(28,29)19-10-8-18(26)9-11-19/h6-15,27H,1-5H3. The largest absolute Gasteiger partial charge is 0.493 e. The van der Waals surface area contributed by atoms with Crippen molar-refractivity contribution in [2.75, 3.05) is 40.3 Å². The fraction of sp³-hybridized carbons (Fsp3) is 0.200. The molecule has 0 aliphatic carbocycles. The van der Waals surface area contributed by atoms with Crippen molar-refractivity contribution in [2.45, 2.75) is 4.90 Å². The molecule has 3 rings (SSSR count). The lowest BCUT2D eigenvalue weighted by Crippen LogP contribution is -2.14. The molecular weight excluding hydrogens is 494 g/mol. The summed E-state index contributed by atoms with van der Waals surface area (Å²) in [6.45, 7) is 0. The molecule has 0 aliphatic heterocycles. The third kappa shape index (κ3) is 5.93. The van der Waals surface area contributed by atoms with Crippen LogP contribution in [0.25, 0.3) is 12.2 Å². The second-order valence-electron chi connectivity index (χ2n) is 7.16. The Kier molecular flexibility index (Phi) is 8.37. The summed E-state index contributed by atoms with van der Waals surface area (Å²) >= 11 is 5.89. The van der Waals surface area contributed by atoms with Gasteiger partial charge in [-0.3, -0.25) is 4.72 Å². The van der Waals surface area contributed by atoms with Crippen LogP contribution in [0.15, 0.2) is 53.4 Å². The highest BCUT2D eigenvalue weighted by molar-refractivity contribution is 7.92. The van der Waals surface area contributed by atoms with Gasteiger partial charge in [-0.15, -0.1) is 0 Å². The maximum Gasteiger partial charge on any atom is 0.262 e. The average Bonchev–Trinajstić information content (AvgIpc) is 2.86. The van der Waals surface area contributed by atoms with Crippen LogP contribution < -0.4 is 28.4 Å². The number of sulfonamides is 1. The van der Waals surface area contributed by atoms with Crippen molar-refractivity contribution in [2.24, 2.45) is 0 Å². The lowest BCUT2D eigenvalue weighted by Gasteiger charge is -2.16. The van der Waals surface area contributed by atoms with Crippen molar-refractivity contribution in [3.8, 4) is 28.7 Å². The molecule has 3 aromatic carbocycles. The van der Waals surface area contributed by atoms with Gasteiger partial charge in [-0.1, -0.05) is 23.8 Å². The Hall–Kier alpha value is -3.56. The summed E-state index contributed by atoms with van der Waals surface area (Å²) in [4.78, 5) is 0.0567. The van der Waals surface area contributed by atoms with Gasteiger partial charge in [0.2, 0.25) is 5.75 Å². The molecule has 0 aromatic heterocycles.